The van der Waals surface area contributed by atoms with Crippen LogP contribution in [0.1, 0.15) is 25.6 Å². The minimum absolute atomic E-state index is 0.0133. The Hall–Kier alpha value is -2.86. The number of para-hydroxylation sites is 1. The number of rotatable bonds is 5. The highest BCUT2D eigenvalue weighted by Crippen LogP contribution is 2.26. The number of hydrogen-bond donors (Lipinski definition) is 0. The molecule has 0 unspecified atom stereocenters. The maximum absolute atomic E-state index is 12.9. The van der Waals surface area contributed by atoms with Crippen LogP contribution in [0.5, 0.6) is 0 Å². The van der Waals surface area contributed by atoms with Crippen LogP contribution in [0.4, 0.5) is 0 Å². The van der Waals surface area contributed by atoms with Gasteiger partial charge in [-0.15, -0.1) is 0 Å². The van der Waals surface area contributed by atoms with Crippen LogP contribution >= 0.6 is 11.8 Å². The molecule has 4 aromatic rings. The number of aromatic nitrogens is 3. The second-order valence-corrected chi connectivity index (χ2v) is 7.46. The van der Waals surface area contributed by atoms with E-state index in [2.05, 4.69) is 5.16 Å². The van der Waals surface area contributed by atoms with Gasteiger partial charge in [0.15, 0.2) is 5.16 Å². The fourth-order valence-electron chi connectivity index (χ4n) is 2.94. The molecule has 0 bridgehead atoms. The molecule has 0 atom stereocenters. The average molecular weight is 377 g/mol. The number of benzene rings is 2. The van der Waals surface area contributed by atoms with Crippen molar-refractivity contribution in [1.29, 1.82) is 0 Å². The minimum Gasteiger partial charge on any atom is -0.360 e. The number of fused-ring (bicyclic) bond motifs is 1. The van der Waals surface area contributed by atoms with Crippen LogP contribution in [0.3, 0.4) is 0 Å². The average Bonchev–Trinajstić information content (AvgIpc) is 3.16. The number of hydrogen-bond acceptors (Lipinski definition) is 5. The second-order valence-electron chi connectivity index (χ2n) is 6.51. The molecule has 0 amide bonds. The largest absolute Gasteiger partial charge is 0.360 e. The summed E-state index contributed by atoms with van der Waals surface area (Å²) in [6, 6.07) is 19.3. The van der Waals surface area contributed by atoms with Gasteiger partial charge in [-0.1, -0.05) is 59.4 Å². The summed E-state index contributed by atoms with van der Waals surface area (Å²) >= 11 is 1.48. The van der Waals surface area contributed by atoms with Crippen molar-refractivity contribution in [2.24, 2.45) is 0 Å². The van der Waals surface area contributed by atoms with Crippen molar-refractivity contribution >= 4 is 22.7 Å². The van der Waals surface area contributed by atoms with E-state index in [1.165, 1.54) is 11.8 Å². The van der Waals surface area contributed by atoms with Crippen molar-refractivity contribution in [3.05, 3.63) is 76.8 Å². The summed E-state index contributed by atoms with van der Waals surface area (Å²) in [5.74, 6) is 1.30. The molecule has 2 aromatic carbocycles. The molecule has 136 valence electrons. The monoisotopic (exact) mass is 377 g/mol. The van der Waals surface area contributed by atoms with Crippen molar-refractivity contribution < 1.29 is 4.52 Å². The topological polar surface area (TPSA) is 60.9 Å². The van der Waals surface area contributed by atoms with Crippen LogP contribution in [0, 0.1) is 0 Å². The highest BCUT2D eigenvalue weighted by atomic mass is 32.2. The van der Waals surface area contributed by atoms with E-state index >= 15 is 0 Å². The fraction of sp³-hybridized carbons (Fsp3) is 0.190. The van der Waals surface area contributed by atoms with Crippen LogP contribution < -0.4 is 5.56 Å². The molecule has 27 heavy (non-hydrogen) atoms. The van der Waals surface area contributed by atoms with Crippen molar-refractivity contribution in [2.45, 2.75) is 30.8 Å². The molecule has 0 radical (unpaired) electrons. The molecule has 0 aliphatic heterocycles. The number of nitrogens with zero attached hydrogens (tertiary/aromatic N) is 3. The van der Waals surface area contributed by atoms with Gasteiger partial charge < -0.3 is 4.52 Å². The molecule has 0 aliphatic rings. The molecule has 6 heteroatoms. The van der Waals surface area contributed by atoms with Crippen molar-refractivity contribution in [1.82, 2.24) is 14.7 Å². The second kappa shape index (κ2) is 7.40. The van der Waals surface area contributed by atoms with Crippen LogP contribution in [0.2, 0.25) is 0 Å². The van der Waals surface area contributed by atoms with Gasteiger partial charge >= 0.3 is 0 Å². The van der Waals surface area contributed by atoms with Gasteiger partial charge in [-0.3, -0.25) is 9.36 Å². The Labute approximate surface area is 161 Å². The zero-order valence-electron chi connectivity index (χ0n) is 15.1. The first-order chi connectivity index (χ1) is 13.1. The normalized spacial score (nSPS) is 11.4. The van der Waals surface area contributed by atoms with Crippen molar-refractivity contribution in [3.8, 4) is 11.3 Å². The summed E-state index contributed by atoms with van der Waals surface area (Å²) in [5, 5.41) is 5.47. The standard InChI is InChI=1S/C21H19N3O2S/c1-14(2)24-20(25)17-10-6-7-11-18(17)22-21(24)27-13-16-12-19(23-26-16)15-8-4-3-5-9-15/h3-12,14H,13H2,1-2H3. The highest BCUT2D eigenvalue weighted by Gasteiger charge is 2.15. The first-order valence-electron chi connectivity index (χ1n) is 8.78. The van der Waals surface area contributed by atoms with E-state index in [-0.39, 0.29) is 11.6 Å². The Kier molecular flexibility index (Phi) is 4.81. The van der Waals surface area contributed by atoms with Crippen molar-refractivity contribution in [3.63, 3.8) is 0 Å². The SMILES string of the molecule is CC(C)n1c(SCc2cc(-c3ccccc3)no2)nc2ccccc2c1=O. The predicted octanol–water partition coefficient (Wildman–Crippen LogP) is 4.92. The van der Waals surface area contributed by atoms with E-state index < -0.39 is 0 Å². The van der Waals surface area contributed by atoms with E-state index in [0.717, 1.165) is 17.0 Å². The number of thioether (sulfide) groups is 1. The van der Waals surface area contributed by atoms with E-state index in [1.54, 1.807) is 4.57 Å². The zero-order chi connectivity index (χ0) is 18.8. The van der Waals surface area contributed by atoms with Crippen LogP contribution in [-0.2, 0) is 5.75 Å². The van der Waals surface area contributed by atoms with Crippen molar-refractivity contribution in [2.75, 3.05) is 0 Å². The van der Waals surface area contributed by atoms with Crippen LogP contribution in [-0.4, -0.2) is 14.7 Å². The smallest absolute Gasteiger partial charge is 0.262 e. The van der Waals surface area contributed by atoms with E-state index in [1.807, 2.05) is 74.5 Å². The fourth-order valence-corrected chi connectivity index (χ4v) is 3.95. The lowest BCUT2D eigenvalue weighted by molar-refractivity contribution is 0.397. The Morgan fingerprint density at radius 3 is 2.59 bits per heavy atom. The summed E-state index contributed by atoms with van der Waals surface area (Å²) in [6.45, 7) is 3.98. The van der Waals surface area contributed by atoms with Gasteiger partial charge in [-0.2, -0.15) is 0 Å². The lowest BCUT2D eigenvalue weighted by Crippen LogP contribution is -2.25. The molecule has 5 nitrogen and oxygen atoms in total. The van der Waals surface area contributed by atoms with Crippen LogP contribution in [0.25, 0.3) is 22.2 Å². The molecule has 0 saturated heterocycles. The highest BCUT2D eigenvalue weighted by molar-refractivity contribution is 7.98. The maximum atomic E-state index is 12.9. The van der Waals surface area contributed by atoms with E-state index in [0.29, 0.717) is 21.8 Å². The molecule has 2 heterocycles. The molecule has 0 aliphatic carbocycles. The molecule has 0 spiro atoms. The maximum Gasteiger partial charge on any atom is 0.262 e. The van der Waals surface area contributed by atoms with E-state index in [9.17, 15) is 4.79 Å². The molecule has 0 saturated carbocycles. The Morgan fingerprint density at radius 2 is 1.81 bits per heavy atom. The van der Waals surface area contributed by atoms with Gasteiger partial charge in [-0.05, 0) is 26.0 Å². The van der Waals surface area contributed by atoms with Gasteiger partial charge in [0.1, 0.15) is 11.5 Å². The minimum atomic E-state index is -0.0133. The lowest BCUT2D eigenvalue weighted by Gasteiger charge is -2.15. The third kappa shape index (κ3) is 3.53. The third-order valence-electron chi connectivity index (χ3n) is 4.26. The van der Waals surface area contributed by atoms with Gasteiger partial charge in [0.05, 0.1) is 16.7 Å². The van der Waals surface area contributed by atoms with Gasteiger partial charge in [0.25, 0.3) is 5.56 Å². The molecule has 0 fully saturated rings. The molecule has 4 rings (SSSR count). The predicted molar refractivity (Wildman–Crippen MR) is 108 cm³/mol. The summed E-state index contributed by atoms with van der Waals surface area (Å²) in [6.07, 6.45) is 0. The Morgan fingerprint density at radius 1 is 1.07 bits per heavy atom. The van der Waals surface area contributed by atoms with Gasteiger partial charge in [-0.25, -0.2) is 4.98 Å². The molecule has 2 aromatic heterocycles. The van der Waals surface area contributed by atoms with E-state index in [4.69, 9.17) is 9.51 Å². The van der Waals surface area contributed by atoms with Crippen LogP contribution in [0.15, 0.2) is 75.1 Å². The van der Waals surface area contributed by atoms with Gasteiger partial charge in [0.2, 0.25) is 0 Å². The Balaban J connectivity index is 1.63. The summed E-state index contributed by atoms with van der Waals surface area (Å²) in [5.41, 5.74) is 2.52. The Bertz CT molecular complexity index is 1130. The zero-order valence-corrected chi connectivity index (χ0v) is 15.9. The molecule has 0 N–H and O–H groups in total. The first-order valence-corrected chi connectivity index (χ1v) is 9.77. The lowest BCUT2D eigenvalue weighted by atomic mass is 10.1. The molecular weight excluding hydrogens is 358 g/mol. The van der Waals surface area contributed by atoms with Gasteiger partial charge in [0, 0.05) is 17.7 Å². The summed E-state index contributed by atoms with van der Waals surface area (Å²) in [4.78, 5) is 17.6. The quantitative estimate of drug-likeness (QED) is 0.365. The first kappa shape index (κ1) is 17.5. The third-order valence-corrected chi connectivity index (χ3v) is 5.24. The summed E-state index contributed by atoms with van der Waals surface area (Å²) < 4.78 is 7.21. The summed E-state index contributed by atoms with van der Waals surface area (Å²) in [7, 11) is 0. The molecular formula is C21H19N3O2S.